The van der Waals surface area contributed by atoms with Crippen LogP contribution >= 0.6 is 0 Å². The van der Waals surface area contributed by atoms with Crippen LogP contribution < -0.4 is 5.32 Å². The van der Waals surface area contributed by atoms with Crippen molar-refractivity contribution in [3.63, 3.8) is 0 Å². The molecular weight excluding hydrogens is 222 g/mol. The van der Waals surface area contributed by atoms with E-state index in [1.807, 2.05) is 13.1 Å². The van der Waals surface area contributed by atoms with Crippen molar-refractivity contribution >= 4 is 0 Å². The highest BCUT2D eigenvalue weighted by atomic mass is 15.0. The zero-order valence-electron chi connectivity index (χ0n) is 12.2. The summed E-state index contributed by atoms with van der Waals surface area (Å²) in [5.74, 6) is 3.47. The number of imidazole rings is 1. The van der Waals surface area contributed by atoms with Crippen LogP contribution in [0.3, 0.4) is 0 Å². The van der Waals surface area contributed by atoms with Crippen LogP contribution in [0.4, 0.5) is 0 Å². The van der Waals surface area contributed by atoms with E-state index in [4.69, 9.17) is 0 Å². The lowest BCUT2D eigenvalue weighted by atomic mass is 9.74. The molecule has 2 N–H and O–H groups in total. The number of aryl methyl sites for hydroxylation is 1. The number of H-pyrrole nitrogens is 1. The molecule has 1 aliphatic carbocycles. The van der Waals surface area contributed by atoms with Crippen molar-refractivity contribution in [1.29, 1.82) is 0 Å². The number of hydrogen-bond donors (Lipinski definition) is 2. The van der Waals surface area contributed by atoms with Gasteiger partial charge < -0.3 is 10.3 Å². The molecule has 2 rings (SSSR count). The lowest BCUT2D eigenvalue weighted by Crippen LogP contribution is -2.42. The van der Waals surface area contributed by atoms with Crippen molar-refractivity contribution in [3.05, 3.63) is 17.7 Å². The Hall–Kier alpha value is -0.830. The van der Waals surface area contributed by atoms with Gasteiger partial charge in [0.1, 0.15) is 5.82 Å². The number of nitrogens with zero attached hydrogens (tertiary/aromatic N) is 1. The van der Waals surface area contributed by atoms with Crippen LogP contribution in [0.1, 0.15) is 51.6 Å². The predicted molar refractivity (Wildman–Crippen MR) is 75.3 cm³/mol. The van der Waals surface area contributed by atoms with Gasteiger partial charge in [0.05, 0.1) is 0 Å². The maximum absolute atomic E-state index is 4.25. The summed E-state index contributed by atoms with van der Waals surface area (Å²) in [5, 5.41) is 3.74. The molecule has 3 atom stereocenters. The molecule has 18 heavy (non-hydrogen) atoms. The third-order valence-electron chi connectivity index (χ3n) is 4.33. The van der Waals surface area contributed by atoms with E-state index in [1.165, 1.54) is 25.0 Å². The Bertz CT molecular complexity index is 370. The van der Waals surface area contributed by atoms with Gasteiger partial charge in [0.25, 0.3) is 0 Å². The van der Waals surface area contributed by atoms with Gasteiger partial charge in [-0.1, -0.05) is 27.2 Å². The molecule has 3 unspecified atom stereocenters. The smallest absolute Gasteiger partial charge is 0.103 e. The summed E-state index contributed by atoms with van der Waals surface area (Å²) in [4.78, 5) is 7.55. The van der Waals surface area contributed by atoms with Crippen LogP contribution in [0.2, 0.25) is 0 Å². The summed E-state index contributed by atoms with van der Waals surface area (Å²) in [6, 6.07) is 0.664. The minimum absolute atomic E-state index is 0.664. The van der Waals surface area contributed by atoms with E-state index in [2.05, 4.69) is 36.1 Å². The maximum Gasteiger partial charge on any atom is 0.103 e. The Balaban J connectivity index is 1.92. The fourth-order valence-electron chi connectivity index (χ4n) is 3.24. The Kier molecular flexibility index (Phi) is 4.44. The number of nitrogens with one attached hydrogen (secondary N) is 2. The minimum Gasteiger partial charge on any atom is -0.345 e. The van der Waals surface area contributed by atoms with Crippen molar-refractivity contribution in [2.75, 3.05) is 0 Å². The first kappa shape index (κ1) is 13.6. The van der Waals surface area contributed by atoms with Gasteiger partial charge in [-0.05, 0) is 37.5 Å². The molecule has 0 bridgehead atoms. The third kappa shape index (κ3) is 3.35. The van der Waals surface area contributed by atoms with Crippen molar-refractivity contribution in [2.45, 2.75) is 59.5 Å². The highest BCUT2D eigenvalue weighted by Gasteiger charge is 2.30. The third-order valence-corrected chi connectivity index (χ3v) is 4.33. The first-order chi connectivity index (χ1) is 8.56. The van der Waals surface area contributed by atoms with Crippen molar-refractivity contribution in [3.8, 4) is 0 Å². The van der Waals surface area contributed by atoms with E-state index in [0.717, 1.165) is 30.1 Å². The van der Waals surface area contributed by atoms with Crippen molar-refractivity contribution in [1.82, 2.24) is 15.3 Å². The fraction of sp³-hybridized carbons (Fsp3) is 0.800. The van der Waals surface area contributed by atoms with Crippen LogP contribution in [-0.2, 0) is 6.54 Å². The molecule has 0 radical (unpaired) electrons. The molecule has 0 aromatic carbocycles. The molecule has 1 aliphatic rings. The van der Waals surface area contributed by atoms with Crippen LogP contribution in [-0.4, -0.2) is 16.0 Å². The van der Waals surface area contributed by atoms with E-state index in [-0.39, 0.29) is 0 Å². The monoisotopic (exact) mass is 249 g/mol. The molecule has 0 saturated heterocycles. The first-order valence-corrected chi connectivity index (χ1v) is 7.30. The van der Waals surface area contributed by atoms with E-state index >= 15 is 0 Å². The number of rotatable bonds is 4. The molecule has 102 valence electrons. The quantitative estimate of drug-likeness (QED) is 0.860. The summed E-state index contributed by atoms with van der Waals surface area (Å²) in [5.41, 5.74) is 1.20. The van der Waals surface area contributed by atoms with Gasteiger partial charge in [-0.2, -0.15) is 0 Å². The second kappa shape index (κ2) is 5.87. The van der Waals surface area contributed by atoms with Crippen LogP contribution in [0, 0.1) is 24.7 Å². The van der Waals surface area contributed by atoms with E-state index in [9.17, 15) is 0 Å². The van der Waals surface area contributed by atoms with Crippen LogP contribution in [0.5, 0.6) is 0 Å². The van der Waals surface area contributed by atoms with E-state index < -0.39 is 0 Å². The van der Waals surface area contributed by atoms with Gasteiger partial charge in [-0.3, -0.25) is 0 Å². The molecule has 0 spiro atoms. The Labute approximate surface area is 111 Å². The summed E-state index contributed by atoms with van der Waals surface area (Å²) < 4.78 is 0. The average molecular weight is 249 g/mol. The van der Waals surface area contributed by atoms with Gasteiger partial charge in [0, 0.05) is 24.5 Å². The molecule has 1 fully saturated rings. The van der Waals surface area contributed by atoms with Gasteiger partial charge >= 0.3 is 0 Å². The summed E-state index contributed by atoms with van der Waals surface area (Å²) >= 11 is 0. The zero-order valence-corrected chi connectivity index (χ0v) is 12.2. The van der Waals surface area contributed by atoms with E-state index in [0.29, 0.717) is 6.04 Å². The zero-order chi connectivity index (χ0) is 13.1. The number of hydrogen-bond acceptors (Lipinski definition) is 2. The van der Waals surface area contributed by atoms with Crippen LogP contribution in [0.15, 0.2) is 6.20 Å². The number of aromatic amines is 1. The Morgan fingerprint density at radius 2 is 2.22 bits per heavy atom. The van der Waals surface area contributed by atoms with Gasteiger partial charge in [-0.15, -0.1) is 0 Å². The molecule has 3 nitrogen and oxygen atoms in total. The largest absolute Gasteiger partial charge is 0.345 e. The standard InChI is InChI=1S/C15H27N3/c1-10(2)14-6-5-11(3)7-15(14)17-9-13-8-16-12(4)18-13/h8,10-11,14-15,17H,5-7,9H2,1-4H3,(H,16,18). The Morgan fingerprint density at radius 3 is 2.83 bits per heavy atom. The van der Waals surface area contributed by atoms with Crippen molar-refractivity contribution < 1.29 is 0 Å². The van der Waals surface area contributed by atoms with Gasteiger partial charge in [0.2, 0.25) is 0 Å². The predicted octanol–water partition coefficient (Wildman–Crippen LogP) is 3.27. The minimum atomic E-state index is 0.664. The fourth-order valence-corrected chi connectivity index (χ4v) is 3.24. The second-order valence-corrected chi connectivity index (χ2v) is 6.31. The highest BCUT2D eigenvalue weighted by molar-refractivity contribution is 5.00. The lowest BCUT2D eigenvalue weighted by molar-refractivity contribution is 0.169. The Morgan fingerprint density at radius 1 is 1.44 bits per heavy atom. The van der Waals surface area contributed by atoms with E-state index in [1.54, 1.807) is 0 Å². The van der Waals surface area contributed by atoms with Gasteiger partial charge in [0.15, 0.2) is 0 Å². The molecule has 1 saturated carbocycles. The summed E-state index contributed by atoms with van der Waals surface area (Å²) in [6.45, 7) is 10.0. The molecule has 0 amide bonds. The summed E-state index contributed by atoms with van der Waals surface area (Å²) in [7, 11) is 0. The summed E-state index contributed by atoms with van der Waals surface area (Å²) in [6.07, 6.45) is 6.03. The maximum atomic E-state index is 4.25. The molecule has 1 heterocycles. The molecule has 1 aromatic heterocycles. The second-order valence-electron chi connectivity index (χ2n) is 6.31. The molecule has 3 heteroatoms. The van der Waals surface area contributed by atoms with Crippen LogP contribution in [0.25, 0.3) is 0 Å². The first-order valence-electron chi connectivity index (χ1n) is 7.30. The topological polar surface area (TPSA) is 40.7 Å². The number of aromatic nitrogens is 2. The lowest BCUT2D eigenvalue weighted by Gasteiger charge is -2.38. The van der Waals surface area contributed by atoms with Gasteiger partial charge in [-0.25, -0.2) is 4.98 Å². The SMILES string of the molecule is Cc1ncc(CNC2CC(C)CCC2C(C)C)[nH]1. The molecule has 0 aliphatic heterocycles. The molecule has 1 aromatic rings. The highest BCUT2D eigenvalue weighted by Crippen LogP contribution is 2.33. The molecular formula is C15H27N3. The van der Waals surface area contributed by atoms with Crippen molar-refractivity contribution in [2.24, 2.45) is 17.8 Å². The normalized spacial score (nSPS) is 28.8. The average Bonchev–Trinajstić information content (AvgIpc) is 2.72.